The normalized spacial score (nSPS) is 9.62. The van der Waals surface area contributed by atoms with Crippen molar-refractivity contribution in [3.05, 3.63) is 29.3 Å². The average Bonchev–Trinajstić information content (AvgIpc) is 2.16. The first-order chi connectivity index (χ1) is 7.41. The quantitative estimate of drug-likeness (QED) is 0.847. The molecule has 0 aliphatic rings. The maximum Gasteiger partial charge on any atom is 0.409 e. The molecule has 0 saturated carbocycles. The van der Waals surface area contributed by atoms with Crippen LogP contribution in [-0.4, -0.2) is 21.7 Å². The van der Waals surface area contributed by atoms with Crippen LogP contribution in [0.15, 0.2) is 18.2 Å². The summed E-state index contributed by atoms with van der Waals surface area (Å²) in [6, 6.07) is 3.33. The minimum atomic E-state index is -1.36. The fourth-order valence-corrected chi connectivity index (χ4v) is 1.28. The van der Waals surface area contributed by atoms with Crippen LogP contribution in [0.3, 0.4) is 0 Å². The standard InChI is InChI=1S/C9H4Cl2O5/c10-7(12)5-2-1-4(16-9(11)15)3-6(5)8(13)14/h1-3H,(H,13,14). The van der Waals surface area contributed by atoms with Gasteiger partial charge in [0.2, 0.25) is 0 Å². The van der Waals surface area contributed by atoms with E-state index < -0.39 is 16.6 Å². The third-order valence-corrected chi connectivity index (χ3v) is 1.91. The number of benzene rings is 1. The van der Waals surface area contributed by atoms with Crippen LogP contribution in [0.5, 0.6) is 5.75 Å². The molecule has 0 aliphatic heterocycles. The highest BCUT2D eigenvalue weighted by Crippen LogP contribution is 2.20. The van der Waals surface area contributed by atoms with Gasteiger partial charge in [-0.25, -0.2) is 9.59 Å². The zero-order valence-electron chi connectivity index (χ0n) is 7.57. The number of ether oxygens (including phenoxy) is 1. The molecule has 0 amide bonds. The molecule has 0 bridgehead atoms. The van der Waals surface area contributed by atoms with Crippen molar-refractivity contribution in [1.29, 1.82) is 0 Å². The molecule has 7 heteroatoms. The number of halogens is 2. The van der Waals surface area contributed by atoms with Gasteiger partial charge in [-0.1, -0.05) is 0 Å². The van der Waals surface area contributed by atoms with Gasteiger partial charge in [0.1, 0.15) is 5.75 Å². The highest BCUT2D eigenvalue weighted by molar-refractivity contribution is 6.68. The molecule has 0 heterocycles. The van der Waals surface area contributed by atoms with Crippen LogP contribution in [0.1, 0.15) is 20.7 Å². The number of carboxylic acid groups (broad SMARTS) is 1. The van der Waals surface area contributed by atoms with Crippen LogP contribution in [0.25, 0.3) is 0 Å². The first kappa shape index (κ1) is 12.5. The van der Waals surface area contributed by atoms with Crippen LogP contribution in [0, 0.1) is 0 Å². The Balaban J connectivity index is 3.22. The molecular formula is C9H4Cl2O5. The van der Waals surface area contributed by atoms with Crippen molar-refractivity contribution in [3.8, 4) is 5.75 Å². The molecule has 0 unspecified atom stereocenters. The molecule has 1 aromatic carbocycles. The van der Waals surface area contributed by atoms with Gasteiger partial charge < -0.3 is 9.84 Å². The average molecular weight is 263 g/mol. The maximum absolute atomic E-state index is 10.9. The molecule has 0 aliphatic carbocycles. The van der Waals surface area contributed by atoms with Crippen LogP contribution in [-0.2, 0) is 0 Å². The second kappa shape index (κ2) is 4.96. The molecular weight excluding hydrogens is 259 g/mol. The molecule has 0 spiro atoms. The topological polar surface area (TPSA) is 80.7 Å². The van der Waals surface area contributed by atoms with Crippen molar-refractivity contribution in [2.75, 3.05) is 0 Å². The fraction of sp³-hybridized carbons (Fsp3) is 0. The molecule has 16 heavy (non-hydrogen) atoms. The Bertz CT molecular complexity index is 469. The molecule has 0 saturated heterocycles. The molecule has 0 atom stereocenters. The summed E-state index contributed by atoms with van der Waals surface area (Å²) in [6.45, 7) is 0. The lowest BCUT2D eigenvalue weighted by molar-refractivity contribution is 0.0693. The van der Waals surface area contributed by atoms with E-state index in [0.717, 1.165) is 12.1 Å². The lowest BCUT2D eigenvalue weighted by Crippen LogP contribution is -2.06. The largest absolute Gasteiger partial charge is 0.478 e. The van der Waals surface area contributed by atoms with E-state index in [1.807, 2.05) is 0 Å². The summed E-state index contributed by atoms with van der Waals surface area (Å²) in [4.78, 5) is 32.1. The lowest BCUT2D eigenvalue weighted by atomic mass is 10.1. The van der Waals surface area contributed by atoms with Gasteiger partial charge in [0.05, 0.1) is 5.56 Å². The molecule has 1 rings (SSSR count). The minimum absolute atomic E-state index is 0.0842. The van der Waals surface area contributed by atoms with Gasteiger partial charge in [-0.2, -0.15) is 0 Å². The molecule has 0 radical (unpaired) electrons. The Kier molecular flexibility index (Phi) is 3.87. The second-order valence-electron chi connectivity index (χ2n) is 2.63. The molecule has 1 N–H and O–H groups in total. The Labute approximate surface area is 99.5 Å². The predicted molar refractivity (Wildman–Crippen MR) is 55.5 cm³/mol. The van der Waals surface area contributed by atoms with E-state index in [9.17, 15) is 14.4 Å². The summed E-state index contributed by atoms with van der Waals surface area (Å²) in [5.74, 6) is -1.45. The zero-order chi connectivity index (χ0) is 12.3. The van der Waals surface area contributed by atoms with E-state index in [0.29, 0.717) is 0 Å². The van der Waals surface area contributed by atoms with E-state index in [-0.39, 0.29) is 16.9 Å². The number of rotatable bonds is 3. The van der Waals surface area contributed by atoms with Crippen molar-refractivity contribution >= 4 is 39.8 Å². The number of carbonyl (C=O) groups is 3. The number of hydrogen-bond acceptors (Lipinski definition) is 4. The van der Waals surface area contributed by atoms with Crippen molar-refractivity contribution in [1.82, 2.24) is 0 Å². The van der Waals surface area contributed by atoms with Crippen LogP contribution in [0.2, 0.25) is 0 Å². The smallest absolute Gasteiger partial charge is 0.409 e. The Morgan fingerprint density at radius 1 is 1.12 bits per heavy atom. The van der Waals surface area contributed by atoms with Gasteiger partial charge >= 0.3 is 11.4 Å². The third-order valence-electron chi connectivity index (χ3n) is 1.63. The summed E-state index contributed by atoms with van der Waals surface area (Å²) in [5, 5.41) is 7.87. The van der Waals surface area contributed by atoms with Gasteiger partial charge in [0, 0.05) is 17.2 Å². The van der Waals surface area contributed by atoms with Crippen LogP contribution in [0.4, 0.5) is 4.79 Å². The third kappa shape index (κ3) is 2.95. The number of hydrogen-bond donors (Lipinski definition) is 1. The first-order valence-electron chi connectivity index (χ1n) is 3.86. The highest BCUT2D eigenvalue weighted by atomic mass is 35.5. The number of carbonyl (C=O) groups excluding carboxylic acids is 2. The van der Waals surface area contributed by atoms with Crippen molar-refractivity contribution in [2.24, 2.45) is 0 Å². The number of aromatic carboxylic acids is 1. The van der Waals surface area contributed by atoms with Crippen LogP contribution >= 0.6 is 23.2 Å². The van der Waals surface area contributed by atoms with E-state index in [4.69, 9.17) is 28.3 Å². The van der Waals surface area contributed by atoms with E-state index in [1.165, 1.54) is 6.07 Å². The number of carboxylic acids is 1. The molecule has 1 aromatic rings. The highest BCUT2D eigenvalue weighted by Gasteiger charge is 2.16. The van der Waals surface area contributed by atoms with E-state index >= 15 is 0 Å². The fourth-order valence-electron chi connectivity index (χ4n) is 1.03. The Morgan fingerprint density at radius 3 is 2.19 bits per heavy atom. The van der Waals surface area contributed by atoms with Crippen LogP contribution < -0.4 is 4.74 Å². The molecule has 0 aromatic heterocycles. The monoisotopic (exact) mass is 262 g/mol. The Morgan fingerprint density at radius 2 is 1.75 bits per heavy atom. The first-order valence-corrected chi connectivity index (χ1v) is 4.62. The zero-order valence-corrected chi connectivity index (χ0v) is 9.08. The van der Waals surface area contributed by atoms with Gasteiger partial charge in [-0.15, -0.1) is 0 Å². The summed E-state index contributed by atoms with van der Waals surface area (Å²) >= 11 is 10.1. The van der Waals surface area contributed by atoms with Gasteiger partial charge in [0.25, 0.3) is 5.24 Å². The summed E-state index contributed by atoms with van der Waals surface area (Å²) in [6.07, 6.45) is 0. The minimum Gasteiger partial charge on any atom is -0.478 e. The SMILES string of the molecule is O=C(Cl)Oc1ccc(C(=O)Cl)c(C(=O)O)c1. The lowest BCUT2D eigenvalue weighted by Gasteiger charge is -2.04. The molecule has 5 nitrogen and oxygen atoms in total. The second-order valence-corrected chi connectivity index (χ2v) is 3.28. The summed E-state index contributed by atoms with van der Waals surface area (Å²) < 4.78 is 4.45. The Hall–Kier alpha value is -1.59. The molecule has 0 fully saturated rings. The summed E-state index contributed by atoms with van der Waals surface area (Å²) in [7, 11) is 0. The predicted octanol–water partition coefficient (Wildman–Crippen LogP) is 2.50. The van der Waals surface area contributed by atoms with Crippen molar-refractivity contribution < 1.29 is 24.2 Å². The van der Waals surface area contributed by atoms with E-state index in [1.54, 1.807) is 0 Å². The van der Waals surface area contributed by atoms with E-state index in [2.05, 4.69) is 4.74 Å². The van der Waals surface area contributed by atoms with Crippen molar-refractivity contribution in [3.63, 3.8) is 0 Å². The van der Waals surface area contributed by atoms with Crippen molar-refractivity contribution in [2.45, 2.75) is 0 Å². The van der Waals surface area contributed by atoms with Gasteiger partial charge in [0.15, 0.2) is 0 Å². The summed E-state index contributed by atoms with van der Waals surface area (Å²) in [5.41, 5.74) is -1.67. The van der Waals surface area contributed by atoms with Gasteiger partial charge in [-0.3, -0.25) is 4.79 Å². The van der Waals surface area contributed by atoms with Gasteiger partial charge in [-0.05, 0) is 29.8 Å². The molecule has 84 valence electrons. The maximum atomic E-state index is 10.9.